The van der Waals surface area contributed by atoms with Crippen LogP contribution in [0.3, 0.4) is 0 Å². The second-order valence-corrected chi connectivity index (χ2v) is 11.4. The molecular formula is C23H27BrN4O5S. The minimum absolute atomic E-state index is 0.0315. The number of nitrogens with zero attached hydrogens (tertiary/aromatic N) is 4. The highest BCUT2D eigenvalue weighted by Gasteiger charge is 2.34. The molecule has 2 heterocycles. The number of hydrogen-bond donors (Lipinski definition) is 0. The van der Waals surface area contributed by atoms with Crippen molar-refractivity contribution in [2.24, 2.45) is 5.92 Å². The van der Waals surface area contributed by atoms with Crippen molar-refractivity contribution < 1.29 is 18.1 Å². The average Bonchev–Trinajstić information content (AvgIpc) is 2.85. The van der Waals surface area contributed by atoms with Gasteiger partial charge in [-0.05, 0) is 36.6 Å². The van der Waals surface area contributed by atoms with Crippen LogP contribution in [-0.4, -0.2) is 72.6 Å². The molecule has 0 unspecified atom stereocenters. The summed E-state index contributed by atoms with van der Waals surface area (Å²) >= 11 is 3.59. The number of benzene rings is 2. The molecule has 2 aliphatic heterocycles. The van der Waals surface area contributed by atoms with E-state index in [1.165, 1.54) is 34.1 Å². The van der Waals surface area contributed by atoms with Gasteiger partial charge in [-0.1, -0.05) is 34.1 Å². The standard InChI is InChI=1S/C23H27BrN4O5S/c24-22-4-2-1-3-19(22)17-25-13-15-26(16-14-25)23(29)18-9-11-27(12-10-18)34(32,33)21-7-5-20(6-8-21)28(30)31/h1-8,18H,9-17H2. The lowest BCUT2D eigenvalue weighted by atomic mass is 9.96. The predicted molar refractivity (Wildman–Crippen MR) is 131 cm³/mol. The van der Waals surface area contributed by atoms with Gasteiger partial charge in [0.1, 0.15) is 0 Å². The lowest BCUT2D eigenvalue weighted by molar-refractivity contribution is -0.384. The molecule has 0 aromatic heterocycles. The first kappa shape index (κ1) is 24.8. The van der Waals surface area contributed by atoms with E-state index < -0.39 is 14.9 Å². The summed E-state index contributed by atoms with van der Waals surface area (Å²) in [6.07, 6.45) is 0.949. The van der Waals surface area contributed by atoms with Gasteiger partial charge in [-0.2, -0.15) is 4.31 Å². The summed E-state index contributed by atoms with van der Waals surface area (Å²) in [6, 6.07) is 13.1. The normalized spacial score (nSPS) is 18.7. The molecule has 0 saturated carbocycles. The molecule has 0 aliphatic carbocycles. The van der Waals surface area contributed by atoms with Crippen molar-refractivity contribution in [3.8, 4) is 0 Å². The van der Waals surface area contributed by atoms with Crippen molar-refractivity contribution in [3.05, 3.63) is 68.7 Å². The molecule has 0 bridgehead atoms. The summed E-state index contributed by atoms with van der Waals surface area (Å²) in [5, 5.41) is 10.8. The predicted octanol–water partition coefficient (Wildman–Crippen LogP) is 3.10. The van der Waals surface area contributed by atoms with Gasteiger partial charge in [0.2, 0.25) is 15.9 Å². The number of carbonyl (C=O) groups excluding carboxylic acids is 1. The van der Waals surface area contributed by atoms with Crippen molar-refractivity contribution in [2.75, 3.05) is 39.3 Å². The molecule has 0 spiro atoms. The second-order valence-electron chi connectivity index (χ2n) is 8.62. The van der Waals surface area contributed by atoms with Crippen LogP contribution in [0.4, 0.5) is 5.69 Å². The first-order chi connectivity index (χ1) is 16.3. The third-order valence-electron chi connectivity index (χ3n) is 6.52. The van der Waals surface area contributed by atoms with E-state index in [1.807, 2.05) is 23.1 Å². The van der Waals surface area contributed by atoms with Crippen molar-refractivity contribution in [2.45, 2.75) is 24.3 Å². The van der Waals surface area contributed by atoms with Gasteiger partial charge in [0.05, 0.1) is 9.82 Å². The topological polar surface area (TPSA) is 104 Å². The van der Waals surface area contributed by atoms with Gasteiger partial charge in [0.25, 0.3) is 5.69 Å². The van der Waals surface area contributed by atoms with E-state index in [2.05, 4.69) is 26.9 Å². The summed E-state index contributed by atoms with van der Waals surface area (Å²) in [6.45, 7) is 4.31. The van der Waals surface area contributed by atoms with Crippen molar-refractivity contribution in [1.82, 2.24) is 14.1 Å². The van der Waals surface area contributed by atoms with Gasteiger partial charge in [-0.3, -0.25) is 19.8 Å². The Kier molecular flexibility index (Phi) is 7.66. The molecule has 2 aromatic carbocycles. The van der Waals surface area contributed by atoms with Crippen LogP contribution in [0.2, 0.25) is 0 Å². The summed E-state index contributed by atoms with van der Waals surface area (Å²) in [5.41, 5.74) is 1.07. The second kappa shape index (κ2) is 10.5. The molecule has 4 rings (SSSR count). The number of hydrogen-bond acceptors (Lipinski definition) is 6. The van der Waals surface area contributed by atoms with Crippen LogP contribution >= 0.6 is 15.9 Å². The number of piperazine rings is 1. The number of piperidine rings is 1. The SMILES string of the molecule is O=C(C1CCN(S(=O)(=O)c2ccc([N+](=O)[O-])cc2)CC1)N1CCN(Cc2ccccc2Br)CC1. The van der Waals surface area contributed by atoms with E-state index in [4.69, 9.17) is 0 Å². The van der Waals surface area contributed by atoms with Crippen LogP contribution in [0.5, 0.6) is 0 Å². The van der Waals surface area contributed by atoms with E-state index in [1.54, 1.807) is 0 Å². The zero-order valence-corrected chi connectivity index (χ0v) is 21.1. The van der Waals surface area contributed by atoms with Gasteiger partial charge in [0.15, 0.2) is 0 Å². The Morgan fingerprint density at radius 1 is 0.971 bits per heavy atom. The molecule has 0 atom stereocenters. The van der Waals surface area contributed by atoms with E-state index >= 15 is 0 Å². The van der Waals surface area contributed by atoms with Gasteiger partial charge in [-0.25, -0.2) is 8.42 Å². The largest absolute Gasteiger partial charge is 0.340 e. The lowest BCUT2D eigenvalue weighted by Crippen LogP contribution is -2.51. The summed E-state index contributed by atoms with van der Waals surface area (Å²) in [7, 11) is -3.74. The zero-order chi connectivity index (χ0) is 24.3. The van der Waals surface area contributed by atoms with Crippen LogP contribution in [0.15, 0.2) is 57.9 Å². The maximum atomic E-state index is 13.1. The average molecular weight is 551 g/mol. The summed E-state index contributed by atoms with van der Waals surface area (Å²) in [5.74, 6) is -0.0777. The maximum Gasteiger partial charge on any atom is 0.269 e. The molecule has 2 aromatic rings. The Morgan fingerprint density at radius 2 is 1.59 bits per heavy atom. The van der Waals surface area contributed by atoms with Gasteiger partial charge >= 0.3 is 0 Å². The number of halogens is 1. The Bertz CT molecular complexity index is 1140. The molecule has 2 fully saturated rings. The number of nitro benzene ring substituents is 1. The molecule has 1 amide bonds. The van der Waals surface area contributed by atoms with Crippen LogP contribution in [0.1, 0.15) is 18.4 Å². The number of rotatable bonds is 6. The van der Waals surface area contributed by atoms with Gasteiger partial charge < -0.3 is 4.90 Å². The van der Waals surface area contributed by atoms with Crippen molar-refractivity contribution >= 4 is 37.5 Å². The van der Waals surface area contributed by atoms with Crippen LogP contribution in [-0.2, 0) is 21.4 Å². The maximum absolute atomic E-state index is 13.1. The molecule has 2 saturated heterocycles. The van der Waals surface area contributed by atoms with Crippen LogP contribution in [0, 0.1) is 16.0 Å². The number of non-ortho nitro benzene ring substituents is 1. The zero-order valence-electron chi connectivity index (χ0n) is 18.7. The fraction of sp³-hybridized carbons (Fsp3) is 0.435. The highest BCUT2D eigenvalue weighted by atomic mass is 79.9. The molecule has 182 valence electrons. The van der Waals surface area contributed by atoms with Crippen LogP contribution < -0.4 is 0 Å². The molecule has 9 nitrogen and oxygen atoms in total. The first-order valence-electron chi connectivity index (χ1n) is 11.2. The van der Waals surface area contributed by atoms with E-state index in [0.29, 0.717) is 25.9 Å². The minimum Gasteiger partial charge on any atom is -0.340 e. The molecule has 11 heteroatoms. The van der Waals surface area contributed by atoms with Crippen molar-refractivity contribution in [1.29, 1.82) is 0 Å². The van der Waals surface area contributed by atoms with E-state index in [9.17, 15) is 23.3 Å². The highest BCUT2D eigenvalue weighted by molar-refractivity contribution is 9.10. The van der Waals surface area contributed by atoms with Crippen molar-refractivity contribution in [3.63, 3.8) is 0 Å². The molecule has 2 aliphatic rings. The van der Waals surface area contributed by atoms with Gasteiger partial charge in [-0.15, -0.1) is 0 Å². The third kappa shape index (κ3) is 5.48. The first-order valence-corrected chi connectivity index (χ1v) is 13.5. The summed E-state index contributed by atoms with van der Waals surface area (Å²) in [4.78, 5) is 27.6. The summed E-state index contributed by atoms with van der Waals surface area (Å²) < 4.78 is 28.3. The number of sulfonamides is 1. The fourth-order valence-corrected chi connectivity index (χ4v) is 6.36. The Balaban J connectivity index is 1.28. The molecular weight excluding hydrogens is 524 g/mol. The fourth-order valence-electron chi connectivity index (χ4n) is 4.48. The van der Waals surface area contributed by atoms with E-state index in [0.717, 1.165) is 24.1 Å². The van der Waals surface area contributed by atoms with Crippen LogP contribution in [0.25, 0.3) is 0 Å². The Hall–Kier alpha value is -2.34. The third-order valence-corrected chi connectivity index (χ3v) is 9.21. The smallest absolute Gasteiger partial charge is 0.269 e. The van der Waals surface area contributed by atoms with E-state index in [-0.39, 0.29) is 35.5 Å². The van der Waals surface area contributed by atoms with Gasteiger partial charge in [0, 0.05) is 68.3 Å². The monoisotopic (exact) mass is 550 g/mol. The molecule has 0 N–H and O–H groups in total. The number of nitro groups is 1. The minimum atomic E-state index is -3.74. The number of carbonyl (C=O) groups is 1. The highest BCUT2D eigenvalue weighted by Crippen LogP contribution is 2.27. The lowest BCUT2D eigenvalue weighted by Gasteiger charge is -2.38. The Morgan fingerprint density at radius 3 is 2.18 bits per heavy atom. The quantitative estimate of drug-likeness (QED) is 0.404. The molecule has 0 radical (unpaired) electrons. The Labute approximate surface area is 207 Å². The molecule has 34 heavy (non-hydrogen) atoms. The number of amides is 1.